The van der Waals surface area contributed by atoms with Crippen molar-refractivity contribution in [2.45, 2.75) is 13.1 Å². The number of nitrogens with zero attached hydrogens (tertiary/aromatic N) is 4. The van der Waals surface area contributed by atoms with Crippen molar-refractivity contribution in [3.63, 3.8) is 0 Å². The van der Waals surface area contributed by atoms with Gasteiger partial charge in [0.1, 0.15) is 0 Å². The van der Waals surface area contributed by atoms with Crippen molar-refractivity contribution < 1.29 is 4.79 Å². The molecule has 0 bridgehead atoms. The third-order valence-electron chi connectivity index (χ3n) is 4.46. The predicted octanol–water partition coefficient (Wildman–Crippen LogP) is 2.72. The summed E-state index contributed by atoms with van der Waals surface area (Å²) < 4.78 is 2.01. The molecule has 1 aromatic carbocycles. The van der Waals surface area contributed by atoms with Gasteiger partial charge in [0.2, 0.25) is 5.91 Å². The van der Waals surface area contributed by atoms with E-state index in [0.717, 1.165) is 18.1 Å². The number of aliphatic imine (C=N–C) groups is 1. The Labute approximate surface area is 182 Å². The molecule has 1 amide bonds. The van der Waals surface area contributed by atoms with Crippen LogP contribution in [0, 0.1) is 0 Å². The fraction of sp³-hybridized carbons (Fsp3) is 0.368. The molecule has 0 aliphatic carbocycles. The minimum absolute atomic E-state index is 0. The number of nitrogens with one attached hydrogen (secondary N) is 1. The van der Waals surface area contributed by atoms with Crippen molar-refractivity contribution in [2.75, 3.05) is 26.7 Å². The molecule has 1 N–H and O–H groups in total. The first kappa shape index (κ1) is 21.6. The molecule has 0 unspecified atom stereocenters. The fourth-order valence-electron chi connectivity index (χ4n) is 3.05. The SMILES string of the molecule is CN=C(NCc1ccn(C)c1)N1CCN(Cc2ccc(Cl)cc2)C(=O)C1.I. The minimum Gasteiger partial charge on any atom is -0.357 e. The molecule has 0 radical (unpaired) electrons. The zero-order valence-corrected chi connectivity index (χ0v) is 18.6. The van der Waals surface area contributed by atoms with E-state index in [1.165, 1.54) is 5.56 Å². The van der Waals surface area contributed by atoms with E-state index in [4.69, 9.17) is 11.6 Å². The number of aryl methyl sites for hydroxylation is 1. The van der Waals surface area contributed by atoms with Gasteiger partial charge in [0.15, 0.2) is 5.96 Å². The summed E-state index contributed by atoms with van der Waals surface area (Å²) in [7, 11) is 3.74. The summed E-state index contributed by atoms with van der Waals surface area (Å²) in [6, 6.07) is 9.69. The third-order valence-corrected chi connectivity index (χ3v) is 4.71. The van der Waals surface area contributed by atoms with Crippen LogP contribution >= 0.6 is 35.6 Å². The number of guanidine groups is 1. The molecule has 2 heterocycles. The summed E-state index contributed by atoms with van der Waals surface area (Å²) in [6.07, 6.45) is 4.08. The Morgan fingerprint density at radius 3 is 2.52 bits per heavy atom. The normalized spacial score (nSPS) is 14.9. The van der Waals surface area contributed by atoms with E-state index in [1.807, 2.05) is 51.9 Å². The highest BCUT2D eigenvalue weighted by Crippen LogP contribution is 2.13. The van der Waals surface area contributed by atoms with Crippen molar-refractivity contribution in [1.82, 2.24) is 19.7 Å². The third kappa shape index (κ3) is 5.87. The number of piperazine rings is 1. The van der Waals surface area contributed by atoms with Crippen LogP contribution in [0.5, 0.6) is 0 Å². The number of amides is 1. The van der Waals surface area contributed by atoms with Crippen LogP contribution in [-0.2, 0) is 24.9 Å². The summed E-state index contributed by atoms with van der Waals surface area (Å²) in [4.78, 5) is 20.8. The number of carbonyl (C=O) groups is 1. The van der Waals surface area contributed by atoms with Crippen LogP contribution < -0.4 is 5.32 Å². The summed E-state index contributed by atoms with van der Waals surface area (Å²) in [5.41, 5.74) is 2.27. The number of carbonyl (C=O) groups excluding carboxylic acids is 1. The van der Waals surface area contributed by atoms with E-state index in [-0.39, 0.29) is 29.9 Å². The average molecular weight is 502 g/mol. The molecule has 0 atom stereocenters. The maximum Gasteiger partial charge on any atom is 0.242 e. The lowest BCUT2D eigenvalue weighted by atomic mass is 10.2. The number of rotatable bonds is 4. The number of hydrogen-bond donors (Lipinski definition) is 1. The molecule has 2 aromatic rings. The highest BCUT2D eigenvalue weighted by atomic mass is 127. The molecule has 0 saturated carbocycles. The predicted molar refractivity (Wildman–Crippen MR) is 119 cm³/mol. The van der Waals surface area contributed by atoms with Crippen LogP contribution in [-0.4, -0.2) is 52.9 Å². The number of halogens is 2. The molecule has 8 heteroatoms. The first-order valence-corrected chi connectivity index (χ1v) is 9.01. The maximum atomic E-state index is 12.5. The smallest absolute Gasteiger partial charge is 0.242 e. The van der Waals surface area contributed by atoms with Gasteiger partial charge in [-0.2, -0.15) is 0 Å². The maximum absolute atomic E-state index is 12.5. The lowest BCUT2D eigenvalue weighted by Crippen LogP contribution is -2.54. The molecule has 1 saturated heterocycles. The monoisotopic (exact) mass is 501 g/mol. The second-order valence-corrected chi connectivity index (χ2v) is 6.89. The lowest BCUT2D eigenvalue weighted by molar-refractivity contribution is -0.135. The summed E-state index contributed by atoms with van der Waals surface area (Å²) in [5, 5.41) is 4.04. The van der Waals surface area contributed by atoms with Crippen molar-refractivity contribution in [1.29, 1.82) is 0 Å². The van der Waals surface area contributed by atoms with Crippen LogP contribution in [0.15, 0.2) is 47.7 Å². The van der Waals surface area contributed by atoms with Gasteiger partial charge in [-0.3, -0.25) is 9.79 Å². The molecule has 0 spiro atoms. The van der Waals surface area contributed by atoms with Crippen molar-refractivity contribution in [3.8, 4) is 0 Å². The number of hydrogen-bond acceptors (Lipinski definition) is 2. The molecule has 1 aliphatic heterocycles. The van der Waals surface area contributed by atoms with E-state index in [0.29, 0.717) is 31.2 Å². The van der Waals surface area contributed by atoms with Gasteiger partial charge in [-0.05, 0) is 29.3 Å². The summed E-state index contributed by atoms with van der Waals surface area (Å²) >= 11 is 5.92. The van der Waals surface area contributed by atoms with Crippen LogP contribution in [0.2, 0.25) is 5.02 Å². The number of benzene rings is 1. The Balaban J connectivity index is 0.00000261. The molecule has 3 rings (SSSR count). The van der Waals surface area contributed by atoms with E-state index in [2.05, 4.69) is 22.6 Å². The molecule has 1 fully saturated rings. The van der Waals surface area contributed by atoms with Gasteiger partial charge in [0, 0.05) is 57.7 Å². The second-order valence-electron chi connectivity index (χ2n) is 6.45. The zero-order chi connectivity index (χ0) is 18.5. The van der Waals surface area contributed by atoms with Gasteiger partial charge in [-0.1, -0.05) is 23.7 Å². The van der Waals surface area contributed by atoms with E-state index in [1.54, 1.807) is 7.05 Å². The van der Waals surface area contributed by atoms with Gasteiger partial charge < -0.3 is 19.7 Å². The van der Waals surface area contributed by atoms with Gasteiger partial charge in [0.05, 0.1) is 6.54 Å². The van der Waals surface area contributed by atoms with Crippen molar-refractivity contribution >= 4 is 47.4 Å². The standard InChI is InChI=1S/C19H24ClN5O.HI/c1-21-19(22-11-16-7-8-23(2)12-16)25-10-9-24(18(26)14-25)13-15-3-5-17(20)6-4-15;/h3-8,12H,9-11,13-14H2,1-2H3,(H,21,22);1H. The van der Waals surface area contributed by atoms with Crippen LogP contribution in [0.3, 0.4) is 0 Å². The van der Waals surface area contributed by atoms with Crippen molar-refractivity contribution in [2.24, 2.45) is 12.0 Å². The van der Waals surface area contributed by atoms with E-state index < -0.39 is 0 Å². The quantitative estimate of drug-likeness (QED) is 0.398. The first-order valence-electron chi connectivity index (χ1n) is 8.64. The van der Waals surface area contributed by atoms with Crippen LogP contribution in [0.4, 0.5) is 0 Å². The molecular weight excluding hydrogens is 477 g/mol. The van der Waals surface area contributed by atoms with Gasteiger partial charge in [0.25, 0.3) is 0 Å². The molecule has 1 aromatic heterocycles. The first-order chi connectivity index (χ1) is 12.5. The molecule has 1 aliphatic rings. The highest BCUT2D eigenvalue weighted by molar-refractivity contribution is 14.0. The van der Waals surface area contributed by atoms with Crippen molar-refractivity contribution in [3.05, 3.63) is 58.9 Å². The largest absolute Gasteiger partial charge is 0.357 e. The molecule has 146 valence electrons. The Morgan fingerprint density at radius 2 is 1.93 bits per heavy atom. The lowest BCUT2D eigenvalue weighted by Gasteiger charge is -2.36. The van der Waals surface area contributed by atoms with E-state index in [9.17, 15) is 4.79 Å². The van der Waals surface area contributed by atoms with Gasteiger partial charge >= 0.3 is 0 Å². The Bertz CT molecular complexity index is 790. The summed E-state index contributed by atoms with van der Waals surface area (Å²) in [6.45, 7) is 3.07. The fourth-order valence-corrected chi connectivity index (χ4v) is 3.17. The summed E-state index contributed by atoms with van der Waals surface area (Å²) in [5.74, 6) is 0.863. The number of aromatic nitrogens is 1. The molecule has 27 heavy (non-hydrogen) atoms. The zero-order valence-electron chi connectivity index (χ0n) is 15.6. The Morgan fingerprint density at radius 1 is 1.19 bits per heavy atom. The van der Waals surface area contributed by atoms with Gasteiger partial charge in [-0.15, -0.1) is 24.0 Å². The van der Waals surface area contributed by atoms with E-state index >= 15 is 0 Å². The Kier molecular flexibility index (Phi) is 7.97. The molecule has 6 nitrogen and oxygen atoms in total. The second kappa shape index (κ2) is 9.98. The Hall–Kier alpha value is -1.74. The van der Waals surface area contributed by atoms with Gasteiger partial charge in [-0.25, -0.2) is 0 Å². The molecular formula is C19H25ClIN5O. The topological polar surface area (TPSA) is 52.9 Å². The minimum atomic E-state index is 0. The average Bonchev–Trinajstić information content (AvgIpc) is 3.05. The highest BCUT2D eigenvalue weighted by Gasteiger charge is 2.25. The van der Waals surface area contributed by atoms with Crippen LogP contribution in [0.1, 0.15) is 11.1 Å². The van der Waals surface area contributed by atoms with Crippen LogP contribution in [0.25, 0.3) is 0 Å².